The molecule has 0 amide bonds. The molecule has 0 aliphatic heterocycles. The quantitative estimate of drug-likeness (QED) is 0.729. The zero-order chi connectivity index (χ0) is 15.1. The second-order valence-corrected chi connectivity index (χ2v) is 5.56. The van der Waals surface area contributed by atoms with Gasteiger partial charge in [0.25, 0.3) is 0 Å². The molecule has 0 aliphatic carbocycles. The molecule has 1 rings (SSSR count). The van der Waals surface area contributed by atoms with Crippen molar-refractivity contribution in [2.45, 2.75) is 39.5 Å². The predicted molar refractivity (Wildman–Crippen MR) is 79.9 cm³/mol. The molecular formula is C15H20BrFO3. The standard InChI is InChI=1S/C15H20BrFO3/c1-3-5-6-10(4-2)9-20-12-8-7-11(15(18)19)13(16)14(12)17/h7-8,10H,3-6,9H2,1-2H3,(H,18,19). The van der Waals surface area contributed by atoms with Crippen LogP contribution >= 0.6 is 15.9 Å². The molecule has 1 aromatic carbocycles. The summed E-state index contributed by atoms with van der Waals surface area (Å²) in [5.41, 5.74) is -0.104. The van der Waals surface area contributed by atoms with Crippen molar-refractivity contribution in [1.29, 1.82) is 0 Å². The van der Waals surface area contributed by atoms with Crippen LogP contribution in [-0.4, -0.2) is 17.7 Å². The van der Waals surface area contributed by atoms with Crippen LogP contribution in [0.3, 0.4) is 0 Å². The van der Waals surface area contributed by atoms with Gasteiger partial charge >= 0.3 is 5.97 Å². The van der Waals surface area contributed by atoms with E-state index in [-0.39, 0.29) is 15.8 Å². The fourth-order valence-electron chi connectivity index (χ4n) is 1.91. The fraction of sp³-hybridized carbons (Fsp3) is 0.533. The molecule has 1 N–H and O–H groups in total. The Bertz CT molecular complexity index is 463. The molecule has 0 radical (unpaired) electrons. The summed E-state index contributed by atoms with van der Waals surface area (Å²) in [4.78, 5) is 10.9. The van der Waals surface area contributed by atoms with Gasteiger partial charge in [-0.1, -0.05) is 33.1 Å². The number of carboxylic acids is 1. The first kappa shape index (κ1) is 17.0. The Balaban J connectivity index is 2.73. The van der Waals surface area contributed by atoms with Crippen molar-refractivity contribution in [3.8, 4) is 5.75 Å². The summed E-state index contributed by atoms with van der Waals surface area (Å²) in [5.74, 6) is -1.34. The second-order valence-electron chi connectivity index (χ2n) is 4.77. The smallest absolute Gasteiger partial charge is 0.336 e. The van der Waals surface area contributed by atoms with Gasteiger partial charge in [-0.3, -0.25) is 0 Å². The minimum atomic E-state index is -1.17. The molecule has 112 valence electrons. The number of aromatic carboxylic acids is 1. The summed E-state index contributed by atoms with van der Waals surface area (Å²) < 4.78 is 19.4. The average Bonchev–Trinajstić information content (AvgIpc) is 2.43. The Morgan fingerprint density at radius 2 is 2.15 bits per heavy atom. The zero-order valence-electron chi connectivity index (χ0n) is 11.8. The van der Waals surface area contributed by atoms with Crippen LogP contribution in [0.2, 0.25) is 0 Å². The number of carbonyl (C=O) groups is 1. The van der Waals surface area contributed by atoms with E-state index in [2.05, 4.69) is 29.8 Å². The van der Waals surface area contributed by atoms with E-state index in [1.165, 1.54) is 12.1 Å². The highest BCUT2D eigenvalue weighted by atomic mass is 79.9. The van der Waals surface area contributed by atoms with Crippen molar-refractivity contribution in [1.82, 2.24) is 0 Å². The zero-order valence-corrected chi connectivity index (χ0v) is 13.4. The molecule has 0 heterocycles. The van der Waals surface area contributed by atoms with Gasteiger partial charge in [-0.05, 0) is 40.4 Å². The van der Waals surface area contributed by atoms with Crippen LogP contribution in [0.15, 0.2) is 16.6 Å². The van der Waals surface area contributed by atoms with Crippen molar-refractivity contribution >= 4 is 21.9 Å². The molecule has 1 aromatic rings. The number of hydrogen-bond acceptors (Lipinski definition) is 2. The van der Waals surface area contributed by atoms with Crippen LogP contribution in [0.4, 0.5) is 4.39 Å². The molecule has 0 fully saturated rings. The van der Waals surface area contributed by atoms with Gasteiger partial charge in [0.15, 0.2) is 11.6 Å². The van der Waals surface area contributed by atoms with Crippen LogP contribution in [0, 0.1) is 11.7 Å². The van der Waals surface area contributed by atoms with Gasteiger partial charge in [-0.25, -0.2) is 9.18 Å². The highest BCUT2D eigenvalue weighted by molar-refractivity contribution is 9.10. The molecule has 0 saturated carbocycles. The Morgan fingerprint density at radius 3 is 2.70 bits per heavy atom. The van der Waals surface area contributed by atoms with E-state index in [9.17, 15) is 9.18 Å². The molecule has 0 bridgehead atoms. The number of rotatable bonds is 8. The third-order valence-corrected chi connectivity index (χ3v) is 4.07. The molecule has 5 heteroatoms. The summed E-state index contributed by atoms with van der Waals surface area (Å²) in [5, 5.41) is 8.90. The normalized spacial score (nSPS) is 12.2. The van der Waals surface area contributed by atoms with Crippen molar-refractivity contribution in [3.63, 3.8) is 0 Å². The van der Waals surface area contributed by atoms with Gasteiger partial charge in [-0.15, -0.1) is 0 Å². The molecule has 0 aromatic heterocycles. The van der Waals surface area contributed by atoms with E-state index in [1.807, 2.05) is 0 Å². The Kier molecular flexibility index (Phi) is 6.99. The molecule has 1 unspecified atom stereocenters. The van der Waals surface area contributed by atoms with E-state index < -0.39 is 11.8 Å². The van der Waals surface area contributed by atoms with Crippen molar-refractivity contribution < 1.29 is 19.0 Å². The van der Waals surface area contributed by atoms with Crippen LogP contribution in [-0.2, 0) is 0 Å². The minimum Gasteiger partial charge on any atom is -0.490 e. The van der Waals surface area contributed by atoms with E-state index in [1.54, 1.807) is 0 Å². The van der Waals surface area contributed by atoms with Gasteiger partial charge in [-0.2, -0.15) is 0 Å². The molecule has 0 spiro atoms. The lowest BCUT2D eigenvalue weighted by Crippen LogP contribution is -2.12. The third kappa shape index (κ3) is 4.47. The molecule has 20 heavy (non-hydrogen) atoms. The van der Waals surface area contributed by atoms with Crippen LogP contribution in [0.5, 0.6) is 5.75 Å². The average molecular weight is 347 g/mol. The summed E-state index contributed by atoms with van der Waals surface area (Å²) in [6, 6.07) is 2.72. The van der Waals surface area contributed by atoms with E-state index in [0.717, 1.165) is 25.7 Å². The van der Waals surface area contributed by atoms with Crippen LogP contribution in [0.1, 0.15) is 49.9 Å². The molecule has 0 aliphatic rings. The lowest BCUT2D eigenvalue weighted by Gasteiger charge is -2.16. The molecule has 3 nitrogen and oxygen atoms in total. The van der Waals surface area contributed by atoms with Gasteiger partial charge in [0.2, 0.25) is 0 Å². The van der Waals surface area contributed by atoms with Crippen LogP contribution in [0.25, 0.3) is 0 Å². The highest BCUT2D eigenvalue weighted by Crippen LogP contribution is 2.29. The summed E-state index contributed by atoms with van der Waals surface area (Å²) in [7, 11) is 0. The summed E-state index contributed by atoms with van der Waals surface area (Å²) in [6.07, 6.45) is 4.30. The van der Waals surface area contributed by atoms with E-state index in [0.29, 0.717) is 12.5 Å². The third-order valence-electron chi connectivity index (χ3n) is 3.30. The number of benzene rings is 1. The van der Waals surface area contributed by atoms with Gasteiger partial charge < -0.3 is 9.84 Å². The van der Waals surface area contributed by atoms with Crippen molar-refractivity contribution in [3.05, 3.63) is 28.0 Å². The SMILES string of the molecule is CCCCC(CC)COc1ccc(C(=O)O)c(Br)c1F. The highest BCUT2D eigenvalue weighted by Gasteiger charge is 2.17. The summed E-state index contributed by atoms with van der Waals surface area (Å²) >= 11 is 2.96. The predicted octanol–water partition coefficient (Wildman–Crippen LogP) is 4.88. The topological polar surface area (TPSA) is 46.5 Å². The van der Waals surface area contributed by atoms with Crippen molar-refractivity contribution in [2.75, 3.05) is 6.61 Å². The van der Waals surface area contributed by atoms with Gasteiger partial charge in [0.1, 0.15) is 0 Å². The maximum absolute atomic E-state index is 14.0. The van der Waals surface area contributed by atoms with Gasteiger partial charge in [0, 0.05) is 0 Å². The second kappa shape index (κ2) is 8.25. The molecular weight excluding hydrogens is 327 g/mol. The first-order valence-corrected chi connectivity index (χ1v) is 7.64. The Hall–Kier alpha value is -1.10. The van der Waals surface area contributed by atoms with Crippen molar-refractivity contribution in [2.24, 2.45) is 5.92 Å². The Morgan fingerprint density at radius 1 is 1.45 bits per heavy atom. The number of halogens is 2. The maximum atomic E-state index is 14.0. The first-order valence-electron chi connectivity index (χ1n) is 6.85. The monoisotopic (exact) mass is 346 g/mol. The van der Waals surface area contributed by atoms with E-state index >= 15 is 0 Å². The molecule has 1 atom stereocenters. The minimum absolute atomic E-state index is 0.0656. The lowest BCUT2D eigenvalue weighted by molar-refractivity contribution is 0.0695. The number of ether oxygens (including phenoxy) is 1. The Labute approximate surface area is 127 Å². The maximum Gasteiger partial charge on any atom is 0.336 e. The molecule has 0 saturated heterocycles. The number of unbranched alkanes of at least 4 members (excludes halogenated alkanes) is 1. The largest absolute Gasteiger partial charge is 0.490 e. The number of carboxylic acid groups (broad SMARTS) is 1. The lowest BCUT2D eigenvalue weighted by atomic mass is 10.0. The van der Waals surface area contributed by atoms with E-state index in [4.69, 9.17) is 9.84 Å². The fourth-order valence-corrected chi connectivity index (χ4v) is 2.41. The van der Waals surface area contributed by atoms with Gasteiger partial charge in [0.05, 0.1) is 16.6 Å². The summed E-state index contributed by atoms with van der Waals surface area (Å²) in [6.45, 7) is 4.67. The first-order chi connectivity index (χ1) is 9.51. The number of hydrogen-bond donors (Lipinski definition) is 1. The van der Waals surface area contributed by atoms with Crippen LogP contribution < -0.4 is 4.74 Å².